The van der Waals surface area contributed by atoms with Gasteiger partial charge in [0.1, 0.15) is 11.2 Å². The van der Waals surface area contributed by atoms with E-state index in [2.05, 4.69) is 121 Å². The van der Waals surface area contributed by atoms with Gasteiger partial charge in [-0.2, -0.15) is 0 Å². The van der Waals surface area contributed by atoms with Crippen LogP contribution in [0.15, 0.2) is 211 Å². The Morgan fingerprint density at radius 1 is 0.316 bits per heavy atom. The van der Waals surface area contributed by atoms with Crippen LogP contribution >= 0.6 is 0 Å². The van der Waals surface area contributed by atoms with Gasteiger partial charge in [0.15, 0.2) is 0 Å². The molecule has 0 amide bonds. The first-order valence-electron chi connectivity index (χ1n) is 22.6. The molecule has 0 saturated heterocycles. The van der Waals surface area contributed by atoms with E-state index >= 15 is 0 Å². The summed E-state index contributed by atoms with van der Waals surface area (Å²) in [6.45, 7) is 0. The molecule has 11 aromatic carbocycles. The SMILES string of the molecule is [2H]c1c([2H])c([2H])c2c(-c3c4ccccc4c(-c4cc(-c5ccc6oc7cccc(-c8ccc9ccccc9c8)c7c6c5)c5ccccc5c4)c4ccccc34)c([2H])c([2H])c([2H])c2c1[2H]. The van der Waals surface area contributed by atoms with Crippen molar-refractivity contribution in [1.29, 1.82) is 0 Å². The van der Waals surface area contributed by atoms with Gasteiger partial charge in [0.05, 0.1) is 9.60 Å². The second kappa shape index (κ2) is 12.5. The lowest BCUT2D eigenvalue weighted by atomic mass is 9.83. The summed E-state index contributed by atoms with van der Waals surface area (Å²) in [6.07, 6.45) is 0. The lowest BCUT2D eigenvalue weighted by Gasteiger charge is -2.20. The summed E-state index contributed by atoms with van der Waals surface area (Å²) in [4.78, 5) is 0. The second-order valence-corrected chi connectivity index (χ2v) is 14.6. The minimum absolute atomic E-state index is 0.0647. The maximum absolute atomic E-state index is 9.35. The van der Waals surface area contributed by atoms with Gasteiger partial charge >= 0.3 is 0 Å². The zero-order chi connectivity index (χ0) is 43.5. The lowest BCUT2D eigenvalue weighted by Crippen LogP contribution is -1.92. The number of hydrogen-bond acceptors (Lipinski definition) is 1. The van der Waals surface area contributed by atoms with E-state index in [1.807, 2.05) is 42.5 Å². The van der Waals surface area contributed by atoms with Crippen molar-refractivity contribution in [3.63, 3.8) is 0 Å². The fourth-order valence-corrected chi connectivity index (χ4v) is 8.99. The van der Waals surface area contributed by atoms with Crippen molar-refractivity contribution in [3.8, 4) is 44.5 Å². The third-order valence-corrected chi connectivity index (χ3v) is 11.5. The summed E-state index contributed by atoms with van der Waals surface area (Å²) >= 11 is 0. The van der Waals surface area contributed by atoms with Gasteiger partial charge in [-0.15, -0.1) is 0 Å². The molecule has 264 valence electrons. The van der Waals surface area contributed by atoms with E-state index in [4.69, 9.17) is 12.6 Å². The molecule has 57 heavy (non-hydrogen) atoms. The van der Waals surface area contributed by atoms with Crippen molar-refractivity contribution < 1.29 is 14.0 Å². The van der Waals surface area contributed by atoms with Crippen molar-refractivity contribution in [3.05, 3.63) is 206 Å². The van der Waals surface area contributed by atoms with E-state index in [1.165, 1.54) is 10.8 Å². The molecule has 12 aromatic rings. The summed E-state index contributed by atoms with van der Waals surface area (Å²) in [5.41, 5.74) is 8.67. The molecular formula is C56H34O. The molecule has 0 N–H and O–H groups in total. The van der Waals surface area contributed by atoms with Gasteiger partial charge in [-0.3, -0.25) is 0 Å². The predicted octanol–water partition coefficient (Wildman–Crippen LogP) is 16.0. The summed E-state index contributed by atoms with van der Waals surface area (Å²) in [7, 11) is 0. The Balaban J connectivity index is 1.13. The van der Waals surface area contributed by atoms with Crippen LogP contribution in [0, 0.1) is 0 Å². The maximum atomic E-state index is 9.35. The van der Waals surface area contributed by atoms with Crippen molar-refractivity contribution in [2.24, 2.45) is 0 Å². The highest BCUT2D eigenvalue weighted by atomic mass is 16.3. The fraction of sp³-hybridized carbons (Fsp3) is 0. The standard InChI is InChI=1S/C56H34O/c1-2-15-37-31-39(28-27-35(37)13-1)44-24-12-26-53-56(44)51-33-40(29-30-52(51)57-53)50-34-41(32-38-16-4-6-19-43(38)50)54-46-20-7-9-22-48(46)55(49-23-10-8-21-47(49)54)45-25-11-17-36-14-3-5-18-42(36)45/h1-34H/i3D,5D,11D,14D,17D,18D,25D. The molecule has 0 bridgehead atoms. The molecule has 0 saturated carbocycles. The zero-order valence-electron chi connectivity index (χ0n) is 37.5. The van der Waals surface area contributed by atoms with Gasteiger partial charge in [0.25, 0.3) is 0 Å². The first-order chi connectivity index (χ1) is 31.2. The Hall–Kier alpha value is -7.48. The topological polar surface area (TPSA) is 13.1 Å². The van der Waals surface area contributed by atoms with E-state index in [9.17, 15) is 1.37 Å². The average Bonchev–Trinajstić information content (AvgIpc) is 3.71. The third-order valence-electron chi connectivity index (χ3n) is 11.5. The van der Waals surface area contributed by atoms with E-state index in [1.54, 1.807) is 0 Å². The molecule has 0 aliphatic carbocycles. The Bertz CT molecular complexity index is 3930. The molecule has 0 fully saturated rings. The molecule has 0 spiro atoms. The summed E-state index contributed by atoms with van der Waals surface area (Å²) in [5.74, 6) is 0. The van der Waals surface area contributed by atoms with Gasteiger partial charge in [-0.25, -0.2) is 0 Å². The number of furan rings is 1. The van der Waals surface area contributed by atoms with Crippen LogP contribution in [0.4, 0.5) is 0 Å². The van der Waals surface area contributed by atoms with Crippen molar-refractivity contribution in [2.75, 3.05) is 0 Å². The van der Waals surface area contributed by atoms with Gasteiger partial charge < -0.3 is 4.42 Å². The normalized spacial score (nSPS) is 13.6. The van der Waals surface area contributed by atoms with Crippen LogP contribution in [-0.2, 0) is 0 Å². The van der Waals surface area contributed by atoms with Crippen molar-refractivity contribution >= 4 is 75.8 Å². The molecule has 1 heteroatoms. The van der Waals surface area contributed by atoms with E-state index in [0.717, 1.165) is 87.6 Å². The molecule has 1 nitrogen and oxygen atoms in total. The third kappa shape index (κ3) is 4.96. The van der Waals surface area contributed by atoms with Gasteiger partial charge in [-0.1, -0.05) is 170 Å². The highest BCUT2D eigenvalue weighted by Gasteiger charge is 2.20. The highest BCUT2D eigenvalue weighted by molar-refractivity contribution is 6.24. The zero-order valence-corrected chi connectivity index (χ0v) is 30.5. The van der Waals surface area contributed by atoms with Gasteiger partial charge in [0, 0.05) is 10.8 Å². The van der Waals surface area contributed by atoms with Crippen LogP contribution in [-0.4, -0.2) is 0 Å². The molecule has 0 aliphatic rings. The molecule has 0 radical (unpaired) electrons. The van der Waals surface area contributed by atoms with Gasteiger partial charge in [-0.05, 0) is 135 Å². The van der Waals surface area contributed by atoms with Gasteiger partial charge in [0.2, 0.25) is 0 Å². The quantitative estimate of drug-likeness (QED) is 0.164. The number of benzene rings is 11. The molecule has 0 unspecified atom stereocenters. The van der Waals surface area contributed by atoms with Crippen LogP contribution < -0.4 is 0 Å². The Labute approximate surface area is 339 Å². The Kier molecular flexibility index (Phi) is 5.62. The van der Waals surface area contributed by atoms with Crippen molar-refractivity contribution in [2.45, 2.75) is 0 Å². The second-order valence-electron chi connectivity index (χ2n) is 14.6. The lowest BCUT2D eigenvalue weighted by molar-refractivity contribution is 0.669. The number of fused-ring (bicyclic) bond motifs is 8. The minimum atomic E-state index is -0.475. The van der Waals surface area contributed by atoms with Crippen molar-refractivity contribution in [1.82, 2.24) is 0 Å². The molecule has 1 heterocycles. The van der Waals surface area contributed by atoms with E-state index in [-0.39, 0.29) is 28.4 Å². The van der Waals surface area contributed by atoms with Crippen LogP contribution in [0.1, 0.15) is 9.60 Å². The van der Waals surface area contributed by atoms with E-state index in [0.29, 0.717) is 5.56 Å². The monoisotopic (exact) mass is 729 g/mol. The molecule has 12 rings (SSSR count). The van der Waals surface area contributed by atoms with Crippen LogP contribution in [0.25, 0.3) is 120 Å². The highest BCUT2D eigenvalue weighted by Crippen LogP contribution is 2.47. The van der Waals surface area contributed by atoms with Crippen LogP contribution in [0.2, 0.25) is 0 Å². The Morgan fingerprint density at radius 2 is 0.947 bits per heavy atom. The minimum Gasteiger partial charge on any atom is -0.456 e. The number of hydrogen-bond donors (Lipinski definition) is 0. The number of rotatable bonds is 4. The fourth-order valence-electron chi connectivity index (χ4n) is 8.99. The first-order valence-corrected chi connectivity index (χ1v) is 19.1. The maximum Gasteiger partial charge on any atom is 0.136 e. The van der Waals surface area contributed by atoms with E-state index < -0.39 is 30.2 Å². The Morgan fingerprint density at radius 3 is 1.75 bits per heavy atom. The molecule has 0 aliphatic heterocycles. The largest absolute Gasteiger partial charge is 0.456 e. The summed E-state index contributed by atoms with van der Waals surface area (Å²) < 4.78 is 68.6. The molecule has 1 aromatic heterocycles. The molecule has 0 atom stereocenters. The summed E-state index contributed by atoms with van der Waals surface area (Å²) in [5, 5.41) is 9.88. The smallest absolute Gasteiger partial charge is 0.136 e. The molecular weight excluding hydrogens is 689 g/mol. The van der Waals surface area contributed by atoms with Crippen LogP contribution in [0.3, 0.4) is 0 Å². The predicted molar refractivity (Wildman–Crippen MR) is 243 cm³/mol. The average molecular weight is 730 g/mol. The first kappa shape index (κ1) is 25.6. The summed E-state index contributed by atoms with van der Waals surface area (Å²) in [6, 6.07) is 53.7. The van der Waals surface area contributed by atoms with Crippen LogP contribution in [0.5, 0.6) is 0 Å².